The monoisotopic (exact) mass is 370 g/mol. The number of Topliss-reactive ketones (excluding diaryl/α,β-unsaturated/α-hetero) is 1. The fourth-order valence-corrected chi connectivity index (χ4v) is 3.30. The van der Waals surface area contributed by atoms with E-state index in [0.29, 0.717) is 6.42 Å². The van der Waals surface area contributed by atoms with Crippen LogP contribution in [0.5, 0.6) is 0 Å². The van der Waals surface area contributed by atoms with Crippen molar-refractivity contribution in [1.82, 2.24) is 4.98 Å². The average Bonchev–Trinajstić information content (AvgIpc) is 3.07. The van der Waals surface area contributed by atoms with Crippen LogP contribution in [0.1, 0.15) is 21.8 Å². The summed E-state index contributed by atoms with van der Waals surface area (Å²) in [4.78, 5) is 38.4. The number of fused-ring (bicyclic) bond motifs is 1. The number of non-ortho nitro benzene ring substituents is 1. The Kier molecular flexibility index (Phi) is 5.33. The number of benzene rings is 2. The third-order valence-electron chi connectivity index (χ3n) is 3.62. The van der Waals surface area contributed by atoms with Crippen LogP contribution in [-0.4, -0.2) is 28.3 Å². The number of carbonyl (C=O) groups excluding carboxylic acids is 2. The van der Waals surface area contributed by atoms with Crippen LogP contribution in [0.2, 0.25) is 0 Å². The maximum Gasteiger partial charge on any atom is 0.306 e. The van der Waals surface area contributed by atoms with Crippen LogP contribution in [-0.2, 0) is 16.0 Å². The lowest BCUT2D eigenvalue weighted by molar-refractivity contribution is -0.384. The molecule has 132 valence electrons. The average molecular weight is 370 g/mol. The summed E-state index contributed by atoms with van der Waals surface area (Å²) in [6.07, 6.45) is 0.547. The fraction of sp³-hybridized carbons (Fsp3) is 0.167. The third kappa shape index (κ3) is 4.28. The first-order valence-electron chi connectivity index (χ1n) is 7.80. The second-order valence-corrected chi connectivity index (χ2v) is 6.58. The van der Waals surface area contributed by atoms with Gasteiger partial charge in [0.25, 0.3) is 5.69 Å². The van der Waals surface area contributed by atoms with Gasteiger partial charge in [0, 0.05) is 24.1 Å². The first-order chi connectivity index (χ1) is 12.5. The SMILES string of the molecule is O=C(CCc1nc2ccccc2s1)OCC(=O)c1cccc([N+](=O)[O-])c1. The molecule has 8 heteroatoms. The molecule has 0 aliphatic carbocycles. The maximum atomic E-state index is 12.0. The third-order valence-corrected chi connectivity index (χ3v) is 4.72. The lowest BCUT2D eigenvalue weighted by atomic mass is 10.1. The minimum Gasteiger partial charge on any atom is -0.457 e. The molecule has 1 heterocycles. The molecule has 1 aromatic heterocycles. The Bertz CT molecular complexity index is 949. The molecule has 0 atom stereocenters. The number of carbonyl (C=O) groups is 2. The van der Waals surface area contributed by atoms with Gasteiger partial charge >= 0.3 is 5.97 Å². The molecule has 3 rings (SSSR count). The van der Waals surface area contributed by atoms with Crippen LogP contribution >= 0.6 is 11.3 Å². The predicted molar refractivity (Wildman–Crippen MR) is 96.3 cm³/mol. The molecule has 0 radical (unpaired) electrons. The van der Waals surface area contributed by atoms with E-state index in [2.05, 4.69) is 4.98 Å². The number of aryl methyl sites for hydroxylation is 1. The van der Waals surface area contributed by atoms with Crippen molar-refractivity contribution in [3.05, 3.63) is 69.2 Å². The molecule has 0 fully saturated rings. The van der Waals surface area contributed by atoms with Gasteiger partial charge in [0.05, 0.1) is 26.6 Å². The van der Waals surface area contributed by atoms with E-state index < -0.39 is 23.3 Å². The number of ketones is 1. The van der Waals surface area contributed by atoms with E-state index in [1.54, 1.807) is 0 Å². The summed E-state index contributed by atoms with van der Waals surface area (Å²) in [6, 6.07) is 13.0. The highest BCUT2D eigenvalue weighted by Gasteiger charge is 2.14. The van der Waals surface area contributed by atoms with Gasteiger partial charge in [0.2, 0.25) is 5.78 Å². The molecule has 0 spiro atoms. The van der Waals surface area contributed by atoms with Gasteiger partial charge in [-0.25, -0.2) is 4.98 Å². The van der Waals surface area contributed by atoms with E-state index in [-0.39, 0.29) is 17.7 Å². The number of ether oxygens (including phenoxy) is 1. The Labute approximate surface area is 152 Å². The quantitative estimate of drug-likeness (QED) is 0.273. The largest absolute Gasteiger partial charge is 0.457 e. The Morgan fingerprint density at radius 2 is 1.96 bits per heavy atom. The Balaban J connectivity index is 1.51. The van der Waals surface area contributed by atoms with Gasteiger partial charge in [0.15, 0.2) is 6.61 Å². The number of nitrogens with zero attached hydrogens (tertiary/aromatic N) is 2. The molecule has 7 nitrogen and oxygen atoms in total. The van der Waals surface area contributed by atoms with E-state index in [4.69, 9.17) is 4.74 Å². The summed E-state index contributed by atoms with van der Waals surface area (Å²) in [5.41, 5.74) is 0.845. The van der Waals surface area contributed by atoms with E-state index in [1.807, 2.05) is 24.3 Å². The van der Waals surface area contributed by atoms with Gasteiger partial charge in [-0.1, -0.05) is 24.3 Å². The smallest absolute Gasteiger partial charge is 0.306 e. The topological polar surface area (TPSA) is 99.4 Å². The molecule has 0 aliphatic rings. The van der Waals surface area contributed by atoms with Crippen LogP contribution in [0.25, 0.3) is 10.2 Å². The molecule has 0 saturated carbocycles. The number of hydrogen-bond donors (Lipinski definition) is 0. The zero-order valence-corrected chi connectivity index (χ0v) is 14.4. The van der Waals surface area contributed by atoms with Crippen LogP contribution in [0, 0.1) is 10.1 Å². The first kappa shape index (κ1) is 17.7. The lowest BCUT2D eigenvalue weighted by Gasteiger charge is -2.04. The van der Waals surface area contributed by atoms with Gasteiger partial charge in [0.1, 0.15) is 0 Å². The summed E-state index contributed by atoms with van der Waals surface area (Å²) in [5.74, 6) is -0.995. The number of aromatic nitrogens is 1. The van der Waals surface area contributed by atoms with Crippen molar-refractivity contribution in [2.24, 2.45) is 0 Å². The molecule has 0 N–H and O–H groups in total. The minimum atomic E-state index is -0.583. The summed E-state index contributed by atoms with van der Waals surface area (Å²) in [7, 11) is 0. The van der Waals surface area contributed by atoms with Crippen molar-refractivity contribution in [2.45, 2.75) is 12.8 Å². The normalized spacial score (nSPS) is 10.6. The highest BCUT2D eigenvalue weighted by molar-refractivity contribution is 7.18. The number of esters is 1. The molecular formula is C18H14N2O5S. The van der Waals surface area contributed by atoms with Crippen molar-refractivity contribution in [1.29, 1.82) is 0 Å². The number of nitro benzene ring substituents is 1. The Morgan fingerprint density at radius 3 is 2.73 bits per heavy atom. The molecule has 0 bridgehead atoms. The lowest BCUT2D eigenvalue weighted by Crippen LogP contribution is -2.14. The molecule has 0 amide bonds. The molecule has 0 saturated heterocycles. The number of nitro groups is 1. The zero-order valence-electron chi connectivity index (χ0n) is 13.6. The molecule has 26 heavy (non-hydrogen) atoms. The Hall–Kier alpha value is -3.13. The van der Waals surface area contributed by atoms with E-state index in [9.17, 15) is 19.7 Å². The summed E-state index contributed by atoms with van der Waals surface area (Å²) >= 11 is 1.52. The molecule has 0 unspecified atom stereocenters. The van der Waals surface area contributed by atoms with Crippen LogP contribution in [0.15, 0.2) is 48.5 Å². The first-order valence-corrected chi connectivity index (χ1v) is 8.62. The minimum absolute atomic E-state index is 0.113. The van der Waals surface area contributed by atoms with Crippen molar-refractivity contribution in [3.63, 3.8) is 0 Å². The van der Waals surface area contributed by atoms with Gasteiger partial charge < -0.3 is 4.74 Å². The van der Waals surface area contributed by atoms with Crippen LogP contribution < -0.4 is 0 Å². The number of hydrogen-bond acceptors (Lipinski definition) is 7. The fourth-order valence-electron chi connectivity index (χ4n) is 2.33. The highest BCUT2D eigenvalue weighted by Crippen LogP contribution is 2.22. The highest BCUT2D eigenvalue weighted by atomic mass is 32.1. The molecule has 3 aromatic rings. The Morgan fingerprint density at radius 1 is 1.15 bits per heavy atom. The number of thiazole rings is 1. The second kappa shape index (κ2) is 7.83. The zero-order chi connectivity index (χ0) is 18.5. The summed E-state index contributed by atoms with van der Waals surface area (Å²) < 4.78 is 6.03. The van der Waals surface area contributed by atoms with Crippen molar-refractivity contribution in [2.75, 3.05) is 6.61 Å². The van der Waals surface area contributed by atoms with E-state index in [1.165, 1.54) is 29.5 Å². The summed E-state index contributed by atoms with van der Waals surface area (Å²) in [6.45, 7) is -0.445. The van der Waals surface area contributed by atoms with Gasteiger partial charge in [-0.2, -0.15) is 0 Å². The second-order valence-electron chi connectivity index (χ2n) is 5.47. The maximum absolute atomic E-state index is 12.0. The van der Waals surface area contributed by atoms with Gasteiger partial charge in [-0.15, -0.1) is 11.3 Å². The van der Waals surface area contributed by atoms with E-state index in [0.717, 1.165) is 21.3 Å². The van der Waals surface area contributed by atoms with Gasteiger partial charge in [-0.3, -0.25) is 19.7 Å². The van der Waals surface area contributed by atoms with Crippen LogP contribution in [0.3, 0.4) is 0 Å². The molecule has 2 aromatic carbocycles. The molecular weight excluding hydrogens is 356 g/mol. The van der Waals surface area contributed by atoms with Crippen LogP contribution in [0.4, 0.5) is 5.69 Å². The van der Waals surface area contributed by atoms with Gasteiger partial charge in [-0.05, 0) is 12.1 Å². The number of rotatable bonds is 7. The standard InChI is InChI=1S/C18H14N2O5S/c21-15(12-4-3-5-13(10-12)20(23)24)11-25-18(22)9-8-17-19-14-6-1-2-7-16(14)26-17/h1-7,10H,8-9,11H2. The predicted octanol–water partition coefficient (Wildman–Crippen LogP) is 3.56. The molecule has 0 aliphatic heterocycles. The van der Waals surface area contributed by atoms with Crippen molar-refractivity contribution in [3.8, 4) is 0 Å². The van der Waals surface area contributed by atoms with Crippen molar-refractivity contribution < 1.29 is 19.2 Å². The van der Waals surface area contributed by atoms with Crippen molar-refractivity contribution >= 4 is 39.0 Å². The number of para-hydroxylation sites is 1. The van der Waals surface area contributed by atoms with E-state index >= 15 is 0 Å². The summed E-state index contributed by atoms with van der Waals surface area (Å²) in [5, 5.41) is 11.6.